The van der Waals surface area contributed by atoms with E-state index in [1.165, 1.54) is 29.6 Å². The van der Waals surface area contributed by atoms with Gasteiger partial charge in [0.1, 0.15) is 10.6 Å². The van der Waals surface area contributed by atoms with Crippen LogP contribution in [0.2, 0.25) is 0 Å². The number of esters is 1. The molecule has 0 fully saturated rings. The first kappa shape index (κ1) is 23.3. The van der Waals surface area contributed by atoms with Gasteiger partial charge in [-0.1, -0.05) is 28.1 Å². The number of thiophene rings is 1. The maximum Gasteiger partial charge on any atom is 0.359 e. The van der Waals surface area contributed by atoms with Crippen molar-refractivity contribution < 1.29 is 19.2 Å². The second-order valence-corrected chi connectivity index (χ2v) is 8.64. The minimum atomic E-state index is -0.764. The van der Waals surface area contributed by atoms with Gasteiger partial charge in [0, 0.05) is 21.3 Å². The number of benzene rings is 2. The van der Waals surface area contributed by atoms with E-state index >= 15 is 0 Å². The Morgan fingerprint density at radius 2 is 1.91 bits per heavy atom. The highest BCUT2D eigenvalue weighted by Crippen LogP contribution is 2.32. The number of halogens is 1. The molecule has 0 saturated carbocycles. The molecule has 172 valence electrons. The van der Waals surface area contributed by atoms with Crippen molar-refractivity contribution in [1.29, 1.82) is 0 Å². The lowest BCUT2D eigenvalue weighted by Crippen LogP contribution is -2.25. The van der Waals surface area contributed by atoms with E-state index in [9.17, 15) is 24.5 Å². The highest BCUT2D eigenvalue weighted by Gasteiger charge is 2.25. The minimum Gasteiger partial charge on any atom is -0.461 e. The van der Waals surface area contributed by atoms with Crippen molar-refractivity contribution in [2.24, 2.45) is 0 Å². The Labute approximate surface area is 204 Å². The molecule has 2 aromatic heterocycles. The third-order valence-corrected chi connectivity index (χ3v) is 6.19. The summed E-state index contributed by atoms with van der Waals surface area (Å²) in [5.74, 6) is -1.49. The van der Waals surface area contributed by atoms with E-state index in [4.69, 9.17) is 4.74 Å². The Morgan fingerprint density at radius 3 is 2.59 bits per heavy atom. The number of nitrogens with one attached hydrogen (secondary N) is 1. The summed E-state index contributed by atoms with van der Waals surface area (Å²) in [7, 11) is 0. The Balaban J connectivity index is 1.88. The quantitative estimate of drug-likeness (QED) is 0.214. The first-order valence-corrected chi connectivity index (χ1v) is 11.5. The van der Waals surface area contributed by atoms with Gasteiger partial charge in [-0.25, -0.2) is 4.79 Å². The highest BCUT2D eigenvalue weighted by atomic mass is 79.9. The number of ether oxygens (including phenoxy) is 1. The smallest absolute Gasteiger partial charge is 0.359 e. The van der Waals surface area contributed by atoms with Crippen molar-refractivity contribution in [3.8, 4) is 5.69 Å². The summed E-state index contributed by atoms with van der Waals surface area (Å²) in [5, 5.41) is 20.0. The Bertz CT molecular complexity index is 1500. The van der Waals surface area contributed by atoms with Crippen LogP contribution in [-0.4, -0.2) is 33.2 Å². The molecule has 0 spiro atoms. The first-order chi connectivity index (χ1) is 16.3. The number of rotatable bonds is 6. The van der Waals surface area contributed by atoms with Gasteiger partial charge >= 0.3 is 5.97 Å². The summed E-state index contributed by atoms with van der Waals surface area (Å²) in [6.45, 7) is 1.75. The van der Waals surface area contributed by atoms with Crippen LogP contribution in [0.4, 0.5) is 10.7 Å². The van der Waals surface area contributed by atoms with Crippen LogP contribution in [0.3, 0.4) is 0 Å². The van der Waals surface area contributed by atoms with E-state index in [2.05, 4.69) is 26.3 Å². The van der Waals surface area contributed by atoms with Crippen LogP contribution in [0.1, 0.15) is 27.8 Å². The molecule has 4 aromatic rings. The molecular weight excluding hydrogens is 528 g/mol. The summed E-state index contributed by atoms with van der Waals surface area (Å²) >= 11 is 4.33. The Morgan fingerprint density at radius 1 is 1.21 bits per heavy atom. The van der Waals surface area contributed by atoms with E-state index in [0.29, 0.717) is 5.69 Å². The van der Waals surface area contributed by atoms with E-state index in [1.807, 2.05) is 0 Å². The van der Waals surface area contributed by atoms with Crippen LogP contribution in [0.5, 0.6) is 0 Å². The van der Waals surface area contributed by atoms with Crippen molar-refractivity contribution in [1.82, 2.24) is 9.78 Å². The lowest BCUT2D eigenvalue weighted by atomic mass is 10.1. The molecule has 0 aliphatic carbocycles. The molecule has 1 N–H and O–H groups in total. The van der Waals surface area contributed by atoms with E-state index in [1.54, 1.807) is 31.2 Å². The van der Waals surface area contributed by atoms with Gasteiger partial charge in [0.15, 0.2) is 5.69 Å². The van der Waals surface area contributed by atoms with Crippen LogP contribution in [0, 0.1) is 10.1 Å². The number of aromatic nitrogens is 2. The number of nitrogens with zero attached hydrogens (tertiary/aromatic N) is 3. The number of carbonyl (C=O) groups is 2. The standard InChI is InChI=1S/C22H15BrN4O6S/c1-2-33-22(30)18-15-11-34-20(24-19(28)14-5-3-4-6-16(14)27(31)32)17(15)21(29)26(25-18)13-9-7-12(23)8-10-13/h3-11H,2H2,1H3,(H,24,28). The number of carbonyl (C=O) groups excluding carboxylic acids is 2. The largest absolute Gasteiger partial charge is 0.461 e. The molecule has 2 aromatic carbocycles. The third-order valence-electron chi connectivity index (χ3n) is 4.76. The molecule has 0 atom stereocenters. The van der Waals surface area contributed by atoms with E-state index < -0.39 is 22.4 Å². The molecule has 1 amide bonds. The molecule has 2 heterocycles. The monoisotopic (exact) mass is 542 g/mol. The fourth-order valence-electron chi connectivity index (χ4n) is 3.24. The molecule has 0 aliphatic rings. The summed E-state index contributed by atoms with van der Waals surface area (Å²) in [6.07, 6.45) is 0. The summed E-state index contributed by atoms with van der Waals surface area (Å²) in [4.78, 5) is 49.5. The third kappa shape index (κ3) is 4.32. The SMILES string of the molecule is CCOC(=O)c1nn(-c2ccc(Br)cc2)c(=O)c2c(NC(=O)c3ccccc3[N+](=O)[O-])scc12. The fraction of sp³-hybridized carbons (Fsp3) is 0.0909. The number of nitro groups is 1. The molecule has 10 nitrogen and oxygen atoms in total. The van der Waals surface area contributed by atoms with Gasteiger partial charge in [-0.3, -0.25) is 19.7 Å². The van der Waals surface area contributed by atoms with Crippen molar-refractivity contribution in [2.45, 2.75) is 6.92 Å². The number of hydrogen-bond acceptors (Lipinski definition) is 8. The van der Waals surface area contributed by atoms with Crippen LogP contribution in [0.15, 0.2) is 63.2 Å². The van der Waals surface area contributed by atoms with Gasteiger partial charge < -0.3 is 10.1 Å². The van der Waals surface area contributed by atoms with Crippen LogP contribution in [-0.2, 0) is 4.74 Å². The molecule has 34 heavy (non-hydrogen) atoms. The predicted octanol–water partition coefficient (Wildman–Crippen LogP) is 4.55. The van der Waals surface area contributed by atoms with E-state index in [-0.39, 0.29) is 39.3 Å². The second-order valence-electron chi connectivity index (χ2n) is 6.84. The molecule has 4 rings (SSSR count). The molecule has 0 saturated heterocycles. The normalized spacial score (nSPS) is 10.8. The van der Waals surface area contributed by atoms with Gasteiger partial charge in [0.25, 0.3) is 17.2 Å². The zero-order valence-electron chi connectivity index (χ0n) is 17.5. The van der Waals surface area contributed by atoms with Gasteiger partial charge in [0.2, 0.25) is 0 Å². The highest BCUT2D eigenvalue weighted by molar-refractivity contribution is 9.10. The van der Waals surface area contributed by atoms with Gasteiger partial charge in [0.05, 0.1) is 22.6 Å². The van der Waals surface area contributed by atoms with Gasteiger partial charge in [-0.2, -0.15) is 9.78 Å². The maximum atomic E-state index is 13.4. The van der Waals surface area contributed by atoms with Crippen molar-refractivity contribution in [2.75, 3.05) is 11.9 Å². The van der Waals surface area contributed by atoms with Gasteiger partial charge in [-0.15, -0.1) is 11.3 Å². The predicted molar refractivity (Wildman–Crippen MR) is 130 cm³/mol. The molecular formula is C22H15BrN4O6S. The number of para-hydroxylation sites is 1. The van der Waals surface area contributed by atoms with Crippen molar-refractivity contribution in [3.05, 3.63) is 90.1 Å². The molecule has 0 bridgehead atoms. The van der Waals surface area contributed by atoms with Crippen LogP contribution in [0.25, 0.3) is 16.5 Å². The summed E-state index contributed by atoms with van der Waals surface area (Å²) < 4.78 is 6.94. The van der Waals surface area contributed by atoms with Crippen molar-refractivity contribution in [3.63, 3.8) is 0 Å². The summed E-state index contributed by atoms with van der Waals surface area (Å²) in [5.41, 5.74) is -0.821. The summed E-state index contributed by atoms with van der Waals surface area (Å²) in [6, 6.07) is 12.2. The van der Waals surface area contributed by atoms with Gasteiger partial charge in [-0.05, 0) is 37.3 Å². The second kappa shape index (κ2) is 9.53. The lowest BCUT2D eigenvalue weighted by molar-refractivity contribution is -0.385. The molecule has 0 radical (unpaired) electrons. The average Bonchev–Trinajstić information content (AvgIpc) is 3.24. The Hall–Kier alpha value is -3.90. The first-order valence-electron chi connectivity index (χ1n) is 9.84. The van der Waals surface area contributed by atoms with Crippen molar-refractivity contribution >= 4 is 60.6 Å². The lowest BCUT2D eigenvalue weighted by Gasteiger charge is -2.10. The fourth-order valence-corrected chi connectivity index (χ4v) is 4.44. The van der Waals surface area contributed by atoms with Crippen LogP contribution >= 0.6 is 27.3 Å². The maximum absolute atomic E-state index is 13.4. The number of fused-ring (bicyclic) bond motifs is 1. The molecule has 0 unspecified atom stereocenters. The minimum absolute atomic E-state index is 0.0397. The average molecular weight is 543 g/mol. The topological polar surface area (TPSA) is 133 Å². The zero-order chi connectivity index (χ0) is 24.4. The number of anilines is 1. The zero-order valence-corrected chi connectivity index (χ0v) is 19.9. The number of nitro benzene ring substituents is 1. The number of hydrogen-bond donors (Lipinski definition) is 1. The Kier molecular flexibility index (Phi) is 6.52. The number of amides is 1. The van der Waals surface area contributed by atoms with E-state index in [0.717, 1.165) is 20.5 Å². The molecule has 12 heteroatoms. The van der Waals surface area contributed by atoms with Crippen LogP contribution < -0.4 is 10.9 Å². The molecule has 0 aliphatic heterocycles.